The fourth-order valence-electron chi connectivity index (χ4n) is 0.295. The molecule has 46 valence electrons. The molecule has 0 bridgehead atoms. The fourth-order valence-corrected chi connectivity index (χ4v) is 0.295. The molecule has 0 aliphatic carbocycles. The van der Waals surface area contributed by atoms with Crippen LogP contribution >= 0.6 is 0 Å². The first kappa shape index (κ1) is 6.97. The number of nitrogens with one attached hydrogen (secondary N) is 3. The number of hydrazine groups is 1. The first-order valence-electron chi connectivity index (χ1n) is 2.26. The predicted octanol–water partition coefficient (Wildman–Crippen LogP) is -0.840. The average Bonchev–Trinajstić information content (AvgIpc) is 2.17. The Balaban J connectivity index is 0.000000145. The van der Waals surface area contributed by atoms with Crippen LogP contribution in [0.1, 0.15) is 0 Å². The lowest BCUT2D eigenvalue weighted by atomic mass is 10.7. The third-order valence-corrected chi connectivity index (χ3v) is 0.523. The summed E-state index contributed by atoms with van der Waals surface area (Å²) in [6.45, 7) is 0.958. The molecule has 0 saturated carbocycles. The molecule has 4 nitrogen and oxygen atoms in total. The van der Waals surface area contributed by atoms with E-state index in [1.807, 2.05) is 12.3 Å². The van der Waals surface area contributed by atoms with Crippen molar-refractivity contribution in [2.24, 2.45) is 5.73 Å². The molecule has 1 aliphatic rings. The standard InChI is InChI=1S/C3H6N2.CH4N2/c1-2-4-5-3-1;2-1-3/h1-2,4-5H,3H2;1H,(H3,2,3). The fraction of sp³-hybridized carbons (Fsp3) is 0.250. The van der Waals surface area contributed by atoms with Gasteiger partial charge in [0.15, 0.2) is 0 Å². The summed E-state index contributed by atoms with van der Waals surface area (Å²) in [7, 11) is 0. The second-order valence-corrected chi connectivity index (χ2v) is 1.09. The highest BCUT2D eigenvalue weighted by Gasteiger charge is 1.78. The first-order valence-corrected chi connectivity index (χ1v) is 2.26. The van der Waals surface area contributed by atoms with E-state index in [-0.39, 0.29) is 0 Å². The van der Waals surface area contributed by atoms with Gasteiger partial charge >= 0.3 is 0 Å². The maximum absolute atomic E-state index is 5.86. The van der Waals surface area contributed by atoms with E-state index in [1.165, 1.54) is 0 Å². The molecule has 4 heteroatoms. The molecule has 0 aromatic rings. The van der Waals surface area contributed by atoms with E-state index in [9.17, 15) is 0 Å². The second kappa shape index (κ2) is 5.97. The van der Waals surface area contributed by atoms with Crippen LogP contribution in [0.15, 0.2) is 12.3 Å². The quantitative estimate of drug-likeness (QED) is 0.245. The van der Waals surface area contributed by atoms with Crippen molar-refractivity contribution in [3.63, 3.8) is 0 Å². The summed E-state index contributed by atoms with van der Waals surface area (Å²) in [5.74, 6) is 0. The summed E-state index contributed by atoms with van der Waals surface area (Å²) < 4.78 is 0. The van der Waals surface area contributed by atoms with Gasteiger partial charge in [0.1, 0.15) is 0 Å². The minimum Gasteiger partial charge on any atom is -0.390 e. The van der Waals surface area contributed by atoms with Gasteiger partial charge in [0.2, 0.25) is 0 Å². The van der Waals surface area contributed by atoms with Crippen LogP contribution < -0.4 is 16.6 Å². The van der Waals surface area contributed by atoms with Crippen molar-refractivity contribution in [3.05, 3.63) is 12.3 Å². The van der Waals surface area contributed by atoms with Crippen molar-refractivity contribution in [2.45, 2.75) is 0 Å². The highest BCUT2D eigenvalue weighted by atomic mass is 15.4. The maximum atomic E-state index is 5.86. The molecule has 1 heterocycles. The molecule has 0 fully saturated rings. The van der Waals surface area contributed by atoms with Crippen LogP contribution in [0.2, 0.25) is 0 Å². The molecule has 5 N–H and O–H groups in total. The zero-order chi connectivity index (χ0) is 6.24. The van der Waals surface area contributed by atoms with Crippen LogP contribution in [0.25, 0.3) is 0 Å². The van der Waals surface area contributed by atoms with Crippen LogP contribution in [0.4, 0.5) is 0 Å². The zero-order valence-electron chi connectivity index (χ0n) is 4.52. The highest BCUT2D eigenvalue weighted by Crippen LogP contribution is 1.67. The first-order chi connectivity index (χ1) is 3.91. The summed E-state index contributed by atoms with van der Waals surface area (Å²) in [6, 6.07) is 0. The molecule has 8 heavy (non-hydrogen) atoms. The summed E-state index contributed by atoms with van der Waals surface area (Å²) in [4.78, 5) is 0. The van der Waals surface area contributed by atoms with Gasteiger partial charge in [0, 0.05) is 12.7 Å². The zero-order valence-corrected chi connectivity index (χ0v) is 4.52. The Hall–Kier alpha value is -1.03. The van der Waals surface area contributed by atoms with Gasteiger partial charge in [-0.1, -0.05) is 6.08 Å². The number of rotatable bonds is 0. The van der Waals surface area contributed by atoms with Gasteiger partial charge < -0.3 is 11.2 Å². The van der Waals surface area contributed by atoms with Crippen LogP contribution in [0, 0.1) is 5.41 Å². The molecule has 0 radical (unpaired) electrons. The molecule has 0 saturated heterocycles. The van der Waals surface area contributed by atoms with Crippen molar-refractivity contribution in [3.8, 4) is 0 Å². The van der Waals surface area contributed by atoms with E-state index in [1.54, 1.807) is 0 Å². The SMILES string of the molecule is C1=CNNC1.N=CN. The van der Waals surface area contributed by atoms with Gasteiger partial charge in [0.05, 0.1) is 6.34 Å². The minimum absolute atomic E-state index is 0.750. The maximum Gasteiger partial charge on any atom is 0.0765 e. The van der Waals surface area contributed by atoms with Crippen LogP contribution in [0.3, 0.4) is 0 Å². The summed E-state index contributed by atoms with van der Waals surface area (Å²) in [5.41, 5.74) is 10.0. The van der Waals surface area contributed by atoms with Crippen molar-refractivity contribution >= 4 is 6.34 Å². The number of nitrogens with two attached hydrogens (primary N) is 1. The lowest BCUT2D eigenvalue weighted by molar-refractivity contribution is 0.727. The Kier molecular flexibility index (Phi) is 5.20. The highest BCUT2D eigenvalue weighted by molar-refractivity contribution is 5.46. The van der Waals surface area contributed by atoms with Crippen molar-refractivity contribution < 1.29 is 0 Å². The van der Waals surface area contributed by atoms with Crippen molar-refractivity contribution in [1.82, 2.24) is 10.9 Å². The van der Waals surface area contributed by atoms with Gasteiger partial charge in [-0.05, 0) is 0 Å². The Morgan fingerprint density at radius 2 is 2.38 bits per heavy atom. The Bertz CT molecular complexity index is 72.1. The lowest BCUT2D eigenvalue weighted by Gasteiger charge is -1.83. The monoisotopic (exact) mass is 114 g/mol. The topological polar surface area (TPSA) is 73.9 Å². The molecule has 0 spiro atoms. The second-order valence-electron chi connectivity index (χ2n) is 1.09. The molecular weight excluding hydrogens is 104 g/mol. The molecule has 0 amide bonds. The molecule has 0 aromatic carbocycles. The third-order valence-electron chi connectivity index (χ3n) is 0.523. The van der Waals surface area contributed by atoms with Crippen molar-refractivity contribution in [2.75, 3.05) is 6.54 Å². The Morgan fingerprint density at radius 3 is 2.50 bits per heavy atom. The molecule has 1 rings (SSSR count). The number of hydrogen-bond acceptors (Lipinski definition) is 3. The predicted molar refractivity (Wildman–Crippen MR) is 33.2 cm³/mol. The minimum atomic E-state index is 0.750. The summed E-state index contributed by atoms with van der Waals surface area (Å²) in [6.07, 6.45) is 4.64. The van der Waals surface area contributed by atoms with Gasteiger partial charge in [-0.2, -0.15) is 0 Å². The average molecular weight is 114 g/mol. The molecule has 0 unspecified atom stereocenters. The van der Waals surface area contributed by atoms with E-state index >= 15 is 0 Å². The van der Waals surface area contributed by atoms with Crippen LogP contribution in [-0.2, 0) is 0 Å². The molecular formula is C4H10N4. The van der Waals surface area contributed by atoms with Gasteiger partial charge in [-0.15, -0.1) is 0 Å². The summed E-state index contributed by atoms with van der Waals surface area (Å²) in [5, 5.41) is 5.86. The van der Waals surface area contributed by atoms with Gasteiger partial charge in [0.25, 0.3) is 0 Å². The lowest BCUT2D eigenvalue weighted by Crippen LogP contribution is -2.19. The van der Waals surface area contributed by atoms with E-state index in [0.717, 1.165) is 12.9 Å². The molecule has 0 aromatic heterocycles. The van der Waals surface area contributed by atoms with Crippen molar-refractivity contribution in [1.29, 1.82) is 5.41 Å². The van der Waals surface area contributed by atoms with E-state index in [4.69, 9.17) is 5.41 Å². The smallest absolute Gasteiger partial charge is 0.0765 e. The van der Waals surface area contributed by atoms with E-state index in [2.05, 4.69) is 16.6 Å². The van der Waals surface area contributed by atoms with Gasteiger partial charge in [-0.25, -0.2) is 5.43 Å². The van der Waals surface area contributed by atoms with E-state index < -0.39 is 0 Å². The van der Waals surface area contributed by atoms with E-state index in [0.29, 0.717) is 0 Å². The summed E-state index contributed by atoms with van der Waals surface area (Å²) >= 11 is 0. The normalized spacial score (nSPS) is 13.5. The van der Waals surface area contributed by atoms with Crippen LogP contribution in [-0.4, -0.2) is 12.9 Å². The largest absolute Gasteiger partial charge is 0.390 e. The molecule has 0 atom stereocenters. The third kappa shape index (κ3) is 4.97. The number of hydrogen-bond donors (Lipinski definition) is 4. The molecule has 1 aliphatic heterocycles. The van der Waals surface area contributed by atoms with Crippen LogP contribution in [0.5, 0.6) is 0 Å². The Morgan fingerprint density at radius 1 is 1.75 bits per heavy atom. The Labute approximate surface area is 48.2 Å². The van der Waals surface area contributed by atoms with Gasteiger partial charge in [-0.3, -0.25) is 5.41 Å².